The van der Waals surface area contributed by atoms with Crippen LogP contribution in [0.5, 0.6) is 11.5 Å². The summed E-state index contributed by atoms with van der Waals surface area (Å²) >= 11 is 0. The van der Waals surface area contributed by atoms with Crippen molar-refractivity contribution < 1.29 is 14.3 Å². The van der Waals surface area contributed by atoms with Crippen molar-refractivity contribution in [3.63, 3.8) is 0 Å². The average molecular weight is 278 g/mol. The quantitative estimate of drug-likeness (QED) is 0.830. The molecule has 0 aliphatic carbocycles. The van der Waals surface area contributed by atoms with Gasteiger partial charge >= 0.3 is 0 Å². The van der Waals surface area contributed by atoms with E-state index in [4.69, 9.17) is 9.47 Å². The minimum Gasteiger partial charge on any atom is -0.497 e. The summed E-state index contributed by atoms with van der Waals surface area (Å²) in [5.41, 5.74) is 1.10. The molecule has 1 aromatic rings. The van der Waals surface area contributed by atoms with Gasteiger partial charge in [0.1, 0.15) is 11.5 Å². The number of hydrogen-bond donors (Lipinski definition) is 2. The Morgan fingerprint density at radius 2 is 2.35 bits per heavy atom. The van der Waals surface area contributed by atoms with Crippen LogP contribution in [0.15, 0.2) is 18.2 Å². The molecule has 0 bridgehead atoms. The fourth-order valence-electron chi connectivity index (χ4n) is 2.36. The topological polar surface area (TPSA) is 59.6 Å². The second kappa shape index (κ2) is 7.14. The van der Waals surface area contributed by atoms with Crippen LogP contribution < -0.4 is 20.1 Å². The number of carbonyl (C=O) groups excluding carboxylic acids is 1. The van der Waals surface area contributed by atoms with Crippen molar-refractivity contribution in [2.75, 3.05) is 26.8 Å². The number of benzene rings is 1. The summed E-state index contributed by atoms with van der Waals surface area (Å²) in [5.74, 6) is 1.80. The van der Waals surface area contributed by atoms with Crippen LogP contribution in [0.1, 0.15) is 31.4 Å². The van der Waals surface area contributed by atoms with Gasteiger partial charge in [0.15, 0.2) is 0 Å². The molecule has 0 radical (unpaired) electrons. The molecular formula is C15H22N2O3. The summed E-state index contributed by atoms with van der Waals surface area (Å²) in [7, 11) is 1.66. The molecule has 1 aromatic carbocycles. The molecule has 1 atom stereocenters. The minimum atomic E-state index is 0.0814. The molecule has 2 rings (SSSR count). The van der Waals surface area contributed by atoms with E-state index < -0.39 is 0 Å². The molecule has 0 fully saturated rings. The predicted octanol–water partition coefficient (Wildman–Crippen LogP) is 1.63. The van der Waals surface area contributed by atoms with Crippen LogP contribution in [-0.2, 0) is 4.79 Å². The fourth-order valence-corrected chi connectivity index (χ4v) is 2.36. The van der Waals surface area contributed by atoms with Gasteiger partial charge in [-0.1, -0.05) is 0 Å². The summed E-state index contributed by atoms with van der Waals surface area (Å²) in [6.07, 6.45) is 1.39. The average Bonchev–Trinajstić information content (AvgIpc) is 2.47. The van der Waals surface area contributed by atoms with Gasteiger partial charge in [-0.3, -0.25) is 4.79 Å². The maximum Gasteiger partial charge on any atom is 0.221 e. The van der Waals surface area contributed by atoms with Crippen molar-refractivity contribution in [1.29, 1.82) is 0 Å². The van der Waals surface area contributed by atoms with E-state index in [1.165, 1.54) is 0 Å². The number of ether oxygens (including phenoxy) is 2. The van der Waals surface area contributed by atoms with E-state index in [-0.39, 0.29) is 11.9 Å². The third kappa shape index (κ3) is 3.63. The number of nitrogens with one attached hydrogen (secondary N) is 2. The first kappa shape index (κ1) is 14.7. The largest absolute Gasteiger partial charge is 0.497 e. The molecule has 0 spiro atoms. The first-order valence-electron chi connectivity index (χ1n) is 7.05. The second-order valence-electron chi connectivity index (χ2n) is 4.75. The number of methoxy groups -OCH3 is 1. The van der Waals surface area contributed by atoms with Crippen LogP contribution in [0, 0.1) is 0 Å². The van der Waals surface area contributed by atoms with Gasteiger partial charge in [0, 0.05) is 37.5 Å². The Bertz CT molecular complexity index is 462. The van der Waals surface area contributed by atoms with Crippen molar-refractivity contribution >= 4 is 5.91 Å². The van der Waals surface area contributed by atoms with Crippen molar-refractivity contribution in [1.82, 2.24) is 10.6 Å². The van der Waals surface area contributed by atoms with E-state index in [0.29, 0.717) is 26.1 Å². The SMILES string of the molecule is CCNC(=O)CCNC1CCOc2ccc(OC)cc21. The standard InChI is InChI=1S/C15H22N2O3/c1-3-16-15(18)6-8-17-13-7-9-20-14-5-4-11(19-2)10-12(13)14/h4-5,10,13,17H,3,6-9H2,1-2H3,(H,16,18). The number of amides is 1. The molecular weight excluding hydrogens is 256 g/mol. The molecule has 20 heavy (non-hydrogen) atoms. The zero-order valence-corrected chi connectivity index (χ0v) is 12.1. The predicted molar refractivity (Wildman–Crippen MR) is 77.2 cm³/mol. The number of carbonyl (C=O) groups is 1. The Balaban J connectivity index is 1.95. The van der Waals surface area contributed by atoms with Gasteiger partial charge < -0.3 is 20.1 Å². The van der Waals surface area contributed by atoms with E-state index in [1.54, 1.807) is 7.11 Å². The lowest BCUT2D eigenvalue weighted by atomic mass is 10.00. The lowest BCUT2D eigenvalue weighted by Crippen LogP contribution is -2.31. The van der Waals surface area contributed by atoms with Crippen LogP contribution in [0.4, 0.5) is 0 Å². The number of rotatable bonds is 6. The zero-order chi connectivity index (χ0) is 14.4. The highest BCUT2D eigenvalue weighted by molar-refractivity contribution is 5.75. The lowest BCUT2D eigenvalue weighted by molar-refractivity contribution is -0.120. The van der Waals surface area contributed by atoms with E-state index >= 15 is 0 Å². The Labute approximate surface area is 119 Å². The molecule has 5 nitrogen and oxygen atoms in total. The van der Waals surface area contributed by atoms with Gasteiger partial charge in [-0.25, -0.2) is 0 Å². The van der Waals surface area contributed by atoms with Crippen LogP contribution in [0.2, 0.25) is 0 Å². The van der Waals surface area contributed by atoms with Gasteiger partial charge in [-0.15, -0.1) is 0 Å². The van der Waals surface area contributed by atoms with Crippen LogP contribution >= 0.6 is 0 Å². The van der Waals surface area contributed by atoms with Gasteiger partial charge in [0.05, 0.1) is 13.7 Å². The van der Waals surface area contributed by atoms with Crippen molar-refractivity contribution in [3.05, 3.63) is 23.8 Å². The Kier molecular flexibility index (Phi) is 5.24. The van der Waals surface area contributed by atoms with E-state index in [9.17, 15) is 4.79 Å². The van der Waals surface area contributed by atoms with Crippen molar-refractivity contribution in [3.8, 4) is 11.5 Å². The van der Waals surface area contributed by atoms with Crippen LogP contribution in [0.3, 0.4) is 0 Å². The third-order valence-corrected chi connectivity index (χ3v) is 3.37. The summed E-state index contributed by atoms with van der Waals surface area (Å²) in [6.45, 7) is 3.95. The monoisotopic (exact) mass is 278 g/mol. The molecule has 1 heterocycles. The number of hydrogen-bond acceptors (Lipinski definition) is 4. The molecule has 0 saturated heterocycles. The molecule has 110 valence electrons. The van der Waals surface area contributed by atoms with E-state index in [2.05, 4.69) is 10.6 Å². The highest BCUT2D eigenvalue weighted by Gasteiger charge is 2.21. The second-order valence-corrected chi connectivity index (χ2v) is 4.75. The van der Waals surface area contributed by atoms with E-state index in [1.807, 2.05) is 25.1 Å². The fraction of sp³-hybridized carbons (Fsp3) is 0.533. The minimum absolute atomic E-state index is 0.0814. The van der Waals surface area contributed by atoms with Gasteiger partial charge in [-0.2, -0.15) is 0 Å². The van der Waals surface area contributed by atoms with Gasteiger partial charge in [0.25, 0.3) is 0 Å². The Morgan fingerprint density at radius 3 is 3.10 bits per heavy atom. The van der Waals surface area contributed by atoms with Crippen LogP contribution in [-0.4, -0.2) is 32.7 Å². The van der Waals surface area contributed by atoms with Gasteiger partial charge in [-0.05, 0) is 25.1 Å². The van der Waals surface area contributed by atoms with Crippen LogP contribution in [0.25, 0.3) is 0 Å². The van der Waals surface area contributed by atoms with E-state index in [0.717, 1.165) is 23.5 Å². The molecule has 0 aromatic heterocycles. The lowest BCUT2D eigenvalue weighted by Gasteiger charge is -2.27. The first-order chi connectivity index (χ1) is 9.74. The molecule has 1 aliphatic rings. The highest BCUT2D eigenvalue weighted by atomic mass is 16.5. The molecule has 1 amide bonds. The highest BCUT2D eigenvalue weighted by Crippen LogP contribution is 2.34. The summed E-state index contributed by atoms with van der Waals surface area (Å²) in [4.78, 5) is 11.4. The van der Waals surface area contributed by atoms with Crippen molar-refractivity contribution in [2.24, 2.45) is 0 Å². The maximum atomic E-state index is 11.4. The summed E-state index contributed by atoms with van der Waals surface area (Å²) < 4.78 is 10.9. The molecule has 1 aliphatic heterocycles. The Hall–Kier alpha value is -1.75. The number of fused-ring (bicyclic) bond motifs is 1. The van der Waals surface area contributed by atoms with Crippen molar-refractivity contribution in [2.45, 2.75) is 25.8 Å². The molecule has 1 unspecified atom stereocenters. The zero-order valence-electron chi connectivity index (χ0n) is 12.1. The molecule has 2 N–H and O–H groups in total. The molecule has 5 heteroatoms. The smallest absolute Gasteiger partial charge is 0.221 e. The summed E-state index contributed by atoms with van der Waals surface area (Å²) in [6, 6.07) is 6.04. The third-order valence-electron chi connectivity index (χ3n) is 3.37. The van der Waals surface area contributed by atoms with Gasteiger partial charge in [0.2, 0.25) is 5.91 Å². The normalized spacial score (nSPS) is 17.0. The maximum absolute atomic E-state index is 11.4. The summed E-state index contributed by atoms with van der Waals surface area (Å²) in [5, 5.41) is 6.22. The first-order valence-corrected chi connectivity index (χ1v) is 7.05. The Morgan fingerprint density at radius 1 is 1.50 bits per heavy atom. The molecule has 0 saturated carbocycles.